The highest BCUT2D eigenvalue weighted by molar-refractivity contribution is 6.05. The molecule has 5 aromatic rings. The smallest absolute Gasteiger partial charge is 0.357 e. The van der Waals surface area contributed by atoms with E-state index in [9.17, 15) is 22.8 Å². The summed E-state index contributed by atoms with van der Waals surface area (Å²) >= 11 is 0. The van der Waals surface area contributed by atoms with Gasteiger partial charge in [-0.2, -0.15) is 18.2 Å². The van der Waals surface area contributed by atoms with Gasteiger partial charge in [-0.25, -0.2) is 15.0 Å². The first-order valence-electron chi connectivity index (χ1n) is 12.0. The fraction of sp³-hybridized carbons (Fsp3) is 0.185. The number of nitrogens with one attached hydrogen (secondary N) is 2. The summed E-state index contributed by atoms with van der Waals surface area (Å²) in [6.45, 7) is 3.48. The molecule has 204 valence electrons. The number of aromatic nitrogens is 6. The van der Waals surface area contributed by atoms with Gasteiger partial charge in [0.1, 0.15) is 11.2 Å². The number of halogens is 3. The molecule has 0 atom stereocenters. The van der Waals surface area contributed by atoms with E-state index in [2.05, 4.69) is 30.6 Å². The predicted molar refractivity (Wildman–Crippen MR) is 144 cm³/mol. The maximum Gasteiger partial charge on any atom is 0.416 e. The van der Waals surface area contributed by atoms with Gasteiger partial charge >= 0.3 is 6.18 Å². The summed E-state index contributed by atoms with van der Waals surface area (Å²) in [7, 11) is 3.22. The molecule has 0 aliphatic carbocycles. The van der Waals surface area contributed by atoms with Crippen LogP contribution in [0.15, 0.2) is 59.9 Å². The van der Waals surface area contributed by atoms with E-state index in [0.717, 1.165) is 12.1 Å². The quantitative estimate of drug-likeness (QED) is 0.332. The van der Waals surface area contributed by atoms with E-state index in [1.807, 2.05) is 0 Å². The summed E-state index contributed by atoms with van der Waals surface area (Å²) in [5, 5.41) is 5.46. The van der Waals surface area contributed by atoms with Crippen LogP contribution in [0.1, 0.15) is 27.2 Å². The molecule has 0 unspecified atom stereocenters. The molecule has 13 heteroatoms. The fourth-order valence-electron chi connectivity index (χ4n) is 4.19. The van der Waals surface area contributed by atoms with Gasteiger partial charge in [-0.15, -0.1) is 0 Å². The molecule has 10 nitrogen and oxygen atoms in total. The molecule has 0 bridgehead atoms. The summed E-state index contributed by atoms with van der Waals surface area (Å²) < 4.78 is 43.7. The Bertz CT molecular complexity index is 1840. The average Bonchev–Trinajstić information content (AvgIpc) is 3.37. The Balaban J connectivity index is 1.53. The number of rotatable bonds is 5. The molecule has 0 fully saturated rings. The number of carbonyl (C=O) groups excluding carboxylic acids is 1. The molecule has 0 saturated carbocycles. The zero-order chi connectivity index (χ0) is 28.8. The van der Waals surface area contributed by atoms with Crippen molar-refractivity contribution >= 4 is 28.7 Å². The van der Waals surface area contributed by atoms with Gasteiger partial charge in [-0.05, 0) is 49.7 Å². The number of imidazole rings is 1. The van der Waals surface area contributed by atoms with Crippen LogP contribution in [-0.4, -0.2) is 42.0 Å². The second-order valence-electron chi connectivity index (χ2n) is 9.15. The Hall–Kier alpha value is -5.07. The Labute approximate surface area is 225 Å². The SMILES string of the molecule is CNc1ncc2nc(-c3cc(NC(=O)c4cc(-n5cnc(C)c5)cc(C(F)(F)F)c4)ccc3C)c(=O)n(C)c2n1. The molecule has 0 saturated heterocycles. The molecule has 3 heterocycles. The Kier molecular flexibility index (Phi) is 6.57. The fourth-order valence-corrected chi connectivity index (χ4v) is 4.19. The summed E-state index contributed by atoms with van der Waals surface area (Å²) in [4.78, 5) is 43.4. The molecule has 0 aliphatic heterocycles. The van der Waals surface area contributed by atoms with Crippen LogP contribution < -0.4 is 16.2 Å². The van der Waals surface area contributed by atoms with Crippen molar-refractivity contribution in [1.82, 2.24) is 29.1 Å². The summed E-state index contributed by atoms with van der Waals surface area (Å²) in [6.07, 6.45) is -0.242. The molecule has 5 rings (SSSR count). The van der Waals surface area contributed by atoms with Crippen molar-refractivity contribution in [2.45, 2.75) is 20.0 Å². The Morgan fingerprint density at radius 3 is 2.48 bits per heavy atom. The zero-order valence-corrected chi connectivity index (χ0v) is 21.8. The number of nitrogens with zero attached hydrogens (tertiary/aromatic N) is 6. The highest BCUT2D eigenvalue weighted by Crippen LogP contribution is 2.32. The Morgan fingerprint density at radius 1 is 1.02 bits per heavy atom. The molecule has 0 radical (unpaired) electrons. The van der Waals surface area contributed by atoms with Crippen molar-refractivity contribution in [3.8, 4) is 16.9 Å². The van der Waals surface area contributed by atoms with E-state index in [1.54, 1.807) is 52.3 Å². The van der Waals surface area contributed by atoms with E-state index in [-0.39, 0.29) is 22.6 Å². The first-order chi connectivity index (χ1) is 18.9. The summed E-state index contributed by atoms with van der Waals surface area (Å²) in [5.41, 5.74) is 1.40. The van der Waals surface area contributed by atoms with Crippen molar-refractivity contribution in [1.29, 1.82) is 0 Å². The van der Waals surface area contributed by atoms with Gasteiger partial charge in [0.2, 0.25) is 5.95 Å². The highest BCUT2D eigenvalue weighted by atomic mass is 19.4. The van der Waals surface area contributed by atoms with Crippen LogP contribution in [0, 0.1) is 13.8 Å². The van der Waals surface area contributed by atoms with Gasteiger partial charge in [0.25, 0.3) is 11.5 Å². The monoisotopic (exact) mass is 548 g/mol. The van der Waals surface area contributed by atoms with E-state index < -0.39 is 23.2 Å². The first-order valence-corrected chi connectivity index (χ1v) is 12.0. The molecule has 2 N–H and O–H groups in total. The van der Waals surface area contributed by atoms with Gasteiger partial charge in [0.15, 0.2) is 5.65 Å². The van der Waals surface area contributed by atoms with E-state index >= 15 is 0 Å². The molecule has 0 spiro atoms. The normalized spacial score (nSPS) is 11.6. The van der Waals surface area contributed by atoms with Crippen LogP contribution in [0.2, 0.25) is 0 Å². The topological polar surface area (TPSA) is 120 Å². The van der Waals surface area contributed by atoms with Crippen LogP contribution in [0.5, 0.6) is 0 Å². The van der Waals surface area contributed by atoms with E-state index in [4.69, 9.17) is 0 Å². The van der Waals surface area contributed by atoms with Gasteiger partial charge in [-0.1, -0.05) is 6.07 Å². The number of amides is 1. The van der Waals surface area contributed by atoms with Gasteiger partial charge < -0.3 is 15.2 Å². The minimum atomic E-state index is -4.67. The van der Waals surface area contributed by atoms with Gasteiger partial charge in [-0.3, -0.25) is 14.2 Å². The highest BCUT2D eigenvalue weighted by Gasteiger charge is 2.32. The molecule has 40 heavy (non-hydrogen) atoms. The lowest BCUT2D eigenvalue weighted by Gasteiger charge is -2.14. The lowest BCUT2D eigenvalue weighted by atomic mass is 10.0. The van der Waals surface area contributed by atoms with Crippen molar-refractivity contribution in [3.05, 3.63) is 87.9 Å². The second kappa shape index (κ2) is 9.91. The third kappa shape index (κ3) is 5.00. The van der Waals surface area contributed by atoms with Crippen LogP contribution >= 0.6 is 0 Å². The third-order valence-corrected chi connectivity index (χ3v) is 6.30. The molecule has 3 aromatic heterocycles. The lowest BCUT2D eigenvalue weighted by molar-refractivity contribution is -0.137. The van der Waals surface area contributed by atoms with Crippen LogP contribution in [0.25, 0.3) is 28.1 Å². The number of fused-ring (bicyclic) bond motifs is 1. The molecule has 0 aliphatic rings. The standard InChI is InChI=1S/C27H23F3N8O2/c1-14-5-6-18(10-20(14)22-25(40)37(4)23-21(35-22)11-32-26(31-3)36-23)34-24(39)16-7-17(27(28,29)30)9-19(8-16)38-12-15(2)33-13-38/h5-13H,1-4H3,(H,34,39)(H,31,32,36). The van der Waals surface area contributed by atoms with Crippen molar-refractivity contribution < 1.29 is 18.0 Å². The minimum absolute atomic E-state index is 0.112. The minimum Gasteiger partial charge on any atom is -0.357 e. The van der Waals surface area contributed by atoms with E-state index in [0.29, 0.717) is 33.9 Å². The number of hydrogen-bond acceptors (Lipinski definition) is 7. The first kappa shape index (κ1) is 26.5. The second-order valence-corrected chi connectivity index (χ2v) is 9.15. The number of carbonyl (C=O) groups is 1. The van der Waals surface area contributed by atoms with Crippen LogP contribution in [0.4, 0.5) is 24.8 Å². The molecular formula is C27H23F3N8O2. The third-order valence-electron chi connectivity index (χ3n) is 6.30. The van der Waals surface area contributed by atoms with Crippen molar-refractivity contribution in [2.75, 3.05) is 17.7 Å². The van der Waals surface area contributed by atoms with E-state index in [1.165, 1.54) is 27.7 Å². The van der Waals surface area contributed by atoms with Crippen LogP contribution in [-0.2, 0) is 13.2 Å². The lowest BCUT2D eigenvalue weighted by Crippen LogP contribution is -2.22. The van der Waals surface area contributed by atoms with Crippen LogP contribution in [0.3, 0.4) is 0 Å². The largest absolute Gasteiger partial charge is 0.416 e. The molecular weight excluding hydrogens is 525 g/mol. The van der Waals surface area contributed by atoms with Gasteiger partial charge in [0, 0.05) is 42.8 Å². The van der Waals surface area contributed by atoms with Gasteiger partial charge in [0.05, 0.1) is 23.8 Å². The summed E-state index contributed by atoms with van der Waals surface area (Å²) in [6, 6.07) is 7.92. The number of benzene rings is 2. The zero-order valence-electron chi connectivity index (χ0n) is 21.8. The predicted octanol–water partition coefficient (Wildman–Crippen LogP) is 4.51. The number of hydrogen-bond donors (Lipinski definition) is 2. The molecule has 1 amide bonds. The maximum atomic E-state index is 13.7. The Morgan fingerprint density at radius 2 is 1.80 bits per heavy atom. The number of aryl methyl sites for hydroxylation is 3. The van der Waals surface area contributed by atoms with Crippen molar-refractivity contribution in [3.63, 3.8) is 0 Å². The molecule has 2 aromatic carbocycles. The summed E-state index contributed by atoms with van der Waals surface area (Å²) in [5.74, 6) is -0.426. The maximum absolute atomic E-state index is 13.7. The number of anilines is 2. The average molecular weight is 549 g/mol. The number of alkyl halides is 3. The van der Waals surface area contributed by atoms with Crippen molar-refractivity contribution in [2.24, 2.45) is 7.05 Å².